The molecule has 0 spiro atoms. The summed E-state index contributed by atoms with van der Waals surface area (Å²) in [5.41, 5.74) is 2.98. The van der Waals surface area contributed by atoms with Gasteiger partial charge in [0.1, 0.15) is 0 Å². The topological polar surface area (TPSA) is 35.9 Å². The third kappa shape index (κ3) is 2.77. The Morgan fingerprint density at radius 2 is 1.70 bits per heavy atom. The highest BCUT2D eigenvalue weighted by Crippen LogP contribution is 2.38. The molecular formula is C18H18BrN3O. The Kier molecular flexibility index (Phi) is 4.48. The zero-order chi connectivity index (χ0) is 14.9. The summed E-state index contributed by atoms with van der Waals surface area (Å²) in [5, 5.41) is 0. The van der Waals surface area contributed by atoms with Crippen LogP contribution in [0.3, 0.4) is 0 Å². The molecule has 0 bridgehead atoms. The summed E-state index contributed by atoms with van der Waals surface area (Å²) in [6, 6.07) is 17.7. The van der Waals surface area contributed by atoms with Crippen molar-refractivity contribution in [3.05, 3.63) is 60.2 Å². The van der Waals surface area contributed by atoms with Crippen LogP contribution >= 0.6 is 17.0 Å². The Morgan fingerprint density at radius 1 is 1.00 bits per heavy atom. The molecule has 0 atom stereocenters. The number of Topliss-reactive ketones (excluding diaryl/α,β-unsaturated/α-hetero) is 1. The maximum atomic E-state index is 12.6. The number of halogens is 1. The number of carbonyl (C=O) groups excluding carboxylic acids is 1. The summed E-state index contributed by atoms with van der Waals surface area (Å²) < 4.78 is 0. The average Bonchev–Trinajstić information content (AvgIpc) is 2.90. The van der Waals surface area contributed by atoms with Gasteiger partial charge in [0.05, 0.1) is 17.9 Å². The predicted octanol–water partition coefficient (Wildman–Crippen LogP) is 3.53. The van der Waals surface area contributed by atoms with Gasteiger partial charge in [0.15, 0.2) is 5.78 Å². The van der Waals surface area contributed by atoms with Crippen molar-refractivity contribution < 1.29 is 4.79 Å². The number of anilines is 2. The molecule has 23 heavy (non-hydrogen) atoms. The molecule has 2 aliphatic heterocycles. The number of hydrogen-bond acceptors (Lipinski definition) is 4. The van der Waals surface area contributed by atoms with Gasteiger partial charge >= 0.3 is 0 Å². The fourth-order valence-corrected chi connectivity index (χ4v) is 3.10. The Labute approximate surface area is 146 Å². The summed E-state index contributed by atoms with van der Waals surface area (Å²) in [4.78, 5) is 21.5. The van der Waals surface area contributed by atoms with Crippen LogP contribution < -0.4 is 9.80 Å². The normalized spacial score (nSPS) is 15.4. The van der Waals surface area contributed by atoms with Gasteiger partial charge in [-0.1, -0.05) is 42.5 Å². The van der Waals surface area contributed by atoms with E-state index in [1.165, 1.54) is 0 Å². The molecule has 4 nitrogen and oxygen atoms in total. The second-order valence-corrected chi connectivity index (χ2v) is 5.55. The SMILES string of the molecule is Br.O=C(CN1C2=NCCCN2c2ccccc21)c1ccccc1. The third-order valence-electron chi connectivity index (χ3n) is 4.14. The van der Waals surface area contributed by atoms with Gasteiger partial charge in [0.25, 0.3) is 0 Å². The number of fused-ring (bicyclic) bond motifs is 3. The lowest BCUT2D eigenvalue weighted by Gasteiger charge is -2.26. The van der Waals surface area contributed by atoms with E-state index in [1.54, 1.807) is 0 Å². The lowest BCUT2D eigenvalue weighted by molar-refractivity contribution is 0.100. The number of para-hydroxylation sites is 2. The zero-order valence-corrected chi connectivity index (χ0v) is 14.4. The molecule has 0 aliphatic carbocycles. The van der Waals surface area contributed by atoms with Crippen LogP contribution in [-0.4, -0.2) is 31.4 Å². The van der Waals surface area contributed by atoms with Crippen LogP contribution in [0.25, 0.3) is 0 Å². The van der Waals surface area contributed by atoms with Crippen LogP contribution in [-0.2, 0) is 0 Å². The standard InChI is InChI=1S/C18H17N3O.BrH/c22-17(14-7-2-1-3-8-14)13-21-16-10-5-4-9-15(16)20-12-6-11-19-18(20)21;/h1-5,7-10H,6,11-13H2;1H. The maximum Gasteiger partial charge on any atom is 0.206 e. The molecule has 0 saturated carbocycles. The Hall–Kier alpha value is -2.14. The van der Waals surface area contributed by atoms with Crippen molar-refractivity contribution in [3.63, 3.8) is 0 Å². The van der Waals surface area contributed by atoms with Crippen LogP contribution in [0, 0.1) is 0 Å². The molecule has 0 amide bonds. The number of nitrogens with zero attached hydrogens (tertiary/aromatic N) is 3. The first kappa shape index (κ1) is 15.7. The molecule has 118 valence electrons. The van der Waals surface area contributed by atoms with E-state index in [-0.39, 0.29) is 22.8 Å². The molecule has 0 aromatic heterocycles. The monoisotopic (exact) mass is 371 g/mol. The van der Waals surface area contributed by atoms with Gasteiger partial charge in [-0.2, -0.15) is 0 Å². The molecule has 0 fully saturated rings. The average molecular weight is 372 g/mol. The fraction of sp³-hybridized carbons (Fsp3) is 0.222. The number of guanidine groups is 1. The van der Waals surface area contributed by atoms with Gasteiger partial charge in [0.2, 0.25) is 5.96 Å². The van der Waals surface area contributed by atoms with Crippen LogP contribution in [0.15, 0.2) is 59.6 Å². The van der Waals surface area contributed by atoms with Crippen molar-refractivity contribution in [3.8, 4) is 0 Å². The summed E-state index contributed by atoms with van der Waals surface area (Å²) >= 11 is 0. The number of hydrogen-bond donors (Lipinski definition) is 0. The van der Waals surface area contributed by atoms with Crippen molar-refractivity contribution in [2.75, 3.05) is 29.4 Å². The molecule has 2 aromatic carbocycles. The van der Waals surface area contributed by atoms with E-state index in [4.69, 9.17) is 0 Å². The van der Waals surface area contributed by atoms with E-state index in [0.29, 0.717) is 6.54 Å². The van der Waals surface area contributed by atoms with E-state index < -0.39 is 0 Å². The predicted molar refractivity (Wildman–Crippen MR) is 99.1 cm³/mol. The van der Waals surface area contributed by atoms with E-state index in [2.05, 4.69) is 22.0 Å². The summed E-state index contributed by atoms with van der Waals surface area (Å²) in [6.07, 6.45) is 1.05. The largest absolute Gasteiger partial charge is 0.310 e. The quantitative estimate of drug-likeness (QED) is 0.774. The van der Waals surface area contributed by atoms with E-state index in [1.807, 2.05) is 47.4 Å². The van der Waals surface area contributed by atoms with Crippen LogP contribution in [0.2, 0.25) is 0 Å². The third-order valence-corrected chi connectivity index (χ3v) is 4.14. The van der Waals surface area contributed by atoms with Gasteiger partial charge in [-0.15, -0.1) is 17.0 Å². The first-order valence-corrected chi connectivity index (χ1v) is 7.61. The summed E-state index contributed by atoms with van der Waals surface area (Å²) in [5.74, 6) is 1.03. The Morgan fingerprint density at radius 3 is 2.48 bits per heavy atom. The van der Waals surface area contributed by atoms with Gasteiger partial charge in [-0.25, -0.2) is 0 Å². The minimum Gasteiger partial charge on any atom is -0.310 e. The molecule has 2 aliphatic rings. The lowest BCUT2D eigenvalue weighted by atomic mass is 10.1. The van der Waals surface area contributed by atoms with Crippen LogP contribution in [0.4, 0.5) is 11.4 Å². The maximum absolute atomic E-state index is 12.6. The highest BCUT2D eigenvalue weighted by Gasteiger charge is 2.34. The number of ketones is 1. The molecule has 0 N–H and O–H groups in total. The Balaban J connectivity index is 0.00000156. The van der Waals surface area contributed by atoms with Crippen molar-refractivity contribution in [1.82, 2.24) is 0 Å². The summed E-state index contributed by atoms with van der Waals surface area (Å²) in [7, 11) is 0. The number of rotatable bonds is 3. The molecular weight excluding hydrogens is 354 g/mol. The minimum atomic E-state index is 0. The molecule has 0 radical (unpaired) electrons. The highest BCUT2D eigenvalue weighted by atomic mass is 79.9. The van der Waals surface area contributed by atoms with Crippen molar-refractivity contribution >= 4 is 40.1 Å². The first-order chi connectivity index (χ1) is 10.8. The number of benzene rings is 2. The number of aliphatic imine (C=N–C) groups is 1. The molecule has 5 heteroatoms. The van der Waals surface area contributed by atoms with Gasteiger partial charge in [0, 0.05) is 18.7 Å². The second-order valence-electron chi connectivity index (χ2n) is 5.55. The van der Waals surface area contributed by atoms with E-state index >= 15 is 0 Å². The van der Waals surface area contributed by atoms with Gasteiger partial charge in [-0.05, 0) is 18.6 Å². The summed E-state index contributed by atoms with van der Waals surface area (Å²) in [6.45, 7) is 2.12. The smallest absolute Gasteiger partial charge is 0.206 e. The Bertz CT molecular complexity index is 745. The van der Waals surface area contributed by atoms with Crippen LogP contribution in [0.1, 0.15) is 16.8 Å². The van der Waals surface area contributed by atoms with Gasteiger partial charge in [-0.3, -0.25) is 9.79 Å². The molecule has 0 saturated heterocycles. The second kappa shape index (κ2) is 6.54. The van der Waals surface area contributed by atoms with Crippen molar-refractivity contribution in [2.45, 2.75) is 6.42 Å². The zero-order valence-electron chi connectivity index (χ0n) is 12.7. The van der Waals surface area contributed by atoms with E-state index in [0.717, 1.165) is 42.4 Å². The lowest BCUT2D eigenvalue weighted by Crippen LogP contribution is -2.43. The molecule has 2 heterocycles. The molecule has 2 aromatic rings. The van der Waals surface area contributed by atoms with Crippen LogP contribution in [0.5, 0.6) is 0 Å². The van der Waals surface area contributed by atoms with E-state index in [9.17, 15) is 4.79 Å². The van der Waals surface area contributed by atoms with Gasteiger partial charge < -0.3 is 9.80 Å². The first-order valence-electron chi connectivity index (χ1n) is 7.61. The highest BCUT2D eigenvalue weighted by molar-refractivity contribution is 8.93. The number of carbonyl (C=O) groups is 1. The molecule has 4 rings (SSSR count). The fourth-order valence-electron chi connectivity index (χ4n) is 3.10. The van der Waals surface area contributed by atoms with Crippen molar-refractivity contribution in [1.29, 1.82) is 0 Å². The molecule has 0 unspecified atom stereocenters. The minimum absolute atomic E-state index is 0. The van der Waals surface area contributed by atoms with Crippen molar-refractivity contribution in [2.24, 2.45) is 4.99 Å².